The lowest BCUT2D eigenvalue weighted by Crippen LogP contribution is -2.03. The Morgan fingerprint density at radius 3 is 2.44 bits per heavy atom. The van der Waals surface area contributed by atoms with Gasteiger partial charge in [0.15, 0.2) is 11.5 Å². The number of hydrogen-bond donors (Lipinski definition) is 0. The molecule has 0 aliphatic carbocycles. The van der Waals surface area contributed by atoms with Crippen molar-refractivity contribution in [3.8, 4) is 17.6 Å². The van der Waals surface area contributed by atoms with Crippen LogP contribution in [-0.2, 0) is 0 Å². The van der Waals surface area contributed by atoms with E-state index in [2.05, 4.69) is 4.74 Å². The number of nitriles is 1. The Balaban J connectivity index is 2.36. The van der Waals surface area contributed by atoms with Gasteiger partial charge in [-0.25, -0.2) is 0 Å². The molecule has 0 saturated carbocycles. The van der Waals surface area contributed by atoms with Crippen molar-refractivity contribution in [2.45, 2.75) is 6.61 Å². The number of benzene rings is 2. The van der Waals surface area contributed by atoms with Gasteiger partial charge in [-0.05, 0) is 41.5 Å². The number of non-ortho nitro benzene ring substituents is 1. The second kappa shape index (κ2) is 7.88. The molecule has 0 aromatic heterocycles. The Hall–Kier alpha value is -3.47. The second-order valence-corrected chi connectivity index (χ2v) is 4.76. The van der Waals surface area contributed by atoms with Crippen LogP contribution in [0.3, 0.4) is 0 Å². The smallest absolute Gasteiger partial charge is 0.387 e. The quantitative estimate of drug-likeness (QED) is 0.337. The molecule has 8 heteroatoms. The van der Waals surface area contributed by atoms with E-state index in [1.165, 1.54) is 55.7 Å². The maximum Gasteiger partial charge on any atom is 0.387 e. The predicted octanol–water partition coefficient (Wildman–Crippen LogP) is 4.27. The van der Waals surface area contributed by atoms with Crippen LogP contribution in [0.5, 0.6) is 11.5 Å². The molecule has 0 radical (unpaired) electrons. The summed E-state index contributed by atoms with van der Waals surface area (Å²) in [7, 11) is 1.31. The first kappa shape index (κ1) is 17.9. The molecular formula is C17H12F2N2O4. The molecule has 0 aliphatic heterocycles. The maximum absolute atomic E-state index is 12.3. The minimum absolute atomic E-state index is 0.0868. The van der Waals surface area contributed by atoms with Crippen LogP contribution in [0.15, 0.2) is 42.5 Å². The van der Waals surface area contributed by atoms with Gasteiger partial charge < -0.3 is 9.47 Å². The molecule has 6 nitrogen and oxygen atoms in total. The monoisotopic (exact) mass is 346 g/mol. The molecule has 0 amide bonds. The number of rotatable bonds is 6. The molecule has 128 valence electrons. The van der Waals surface area contributed by atoms with Crippen molar-refractivity contribution in [2.24, 2.45) is 0 Å². The van der Waals surface area contributed by atoms with Crippen LogP contribution in [0.4, 0.5) is 14.5 Å². The molecule has 2 rings (SSSR count). The van der Waals surface area contributed by atoms with Crippen LogP contribution in [0, 0.1) is 21.4 Å². The van der Waals surface area contributed by atoms with E-state index in [1.54, 1.807) is 0 Å². The van der Waals surface area contributed by atoms with E-state index in [0.29, 0.717) is 11.1 Å². The van der Waals surface area contributed by atoms with E-state index >= 15 is 0 Å². The summed E-state index contributed by atoms with van der Waals surface area (Å²) >= 11 is 0. The van der Waals surface area contributed by atoms with Gasteiger partial charge in [-0.15, -0.1) is 0 Å². The standard InChI is InChI=1S/C17H12F2N2O4/c1-24-16-9-11(2-7-15(16)25-17(18)19)8-13(10-20)12-3-5-14(6-4-12)21(22)23/h2-9,17H,1H3/b13-8-. The highest BCUT2D eigenvalue weighted by atomic mass is 19.3. The SMILES string of the molecule is COc1cc(/C=C(/C#N)c2ccc([N+](=O)[O-])cc2)ccc1OC(F)F. The number of allylic oxidation sites excluding steroid dienone is 1. The first-order valence-electron chi connectivity index (χ1n) is 6.94. The van der Waals surface area contributed by atoms with Gasteiger partial charge in [-0.2, -0.15) is 14.0 Å². The summed E-state index contributed by atoms with van der Waals surface area (Å²) in [5.74, 6) is -0.0291. The molecule has 0 atom stereocenters. The zero-order valence-corrected chi connectivity index (χ0v) is 13.0. The Kier molecular flexibility index (Phi) is 5.63. The molecule has 2 aromatic carbocycles. The summed E-state index contributed by atoms with van der Waals surface area (Å²) in [6, 6.07) is 11.7. The molecule has 0 spiro atoms. The van der Waals surface area contributed by atoms with Crippen molar-refractivity contribution in [1.29, 1.82) is 5.26 Å². The minimum Gasteiger partial charge on any atom is -0.493 e. The van der Waals surface area contributed by atoms with Crippen LogP contribution < -0.4 is 9.47 Å². The van der Waals surface area contributed by atoms with Crippen LogP contribution in [-0.4, -0.2) is 18.6 Å². The first-order chi connectivity index (χ1) is 11.9. The first-order valence-corrected chi connectivity index (χ1v) is 6.94. The van der Waals surface area contributed by atoms with E-state index < -0.39 is 11.5 Å². The van der Waals surface area contributed by atoms with Gasteiger partial charge in [0.2, 0.25) is 0 Å². The number of nitro benzene ring substituents is 1. The normalized spacial score (nSPS) is 11.1. The molecule has 0 N–H and O–H groups in total. The molecule has 0 saturated heterocycles. The van der Waals surface area contributed by atoms with Crippen molar-refractivity contribution in [3.05, 3.63) is 63.7 Å². The summed E-state index contributed by atoms with van der Waals surface area (Å²) < 4.78 is 34.0. The fourth-order valence-electron chi connectivity index (χ4n) is 2.08. The van der Waals surface area contributed by atoms with Gasteiger partial charge in [0.25, 0.3) is 5.69 Å². The highest BCUT2D eigenvalue weighted by molar-refractivity contribution is 5.90. The third-order valence-corrected chi connectivity index (χ3v) is 3.22. The lowest BCUT2D eigenvalue weighted by molar-refractivity contribution is -0.384. The number of alkyl halides is 2. The number of nitrogens with zero attached hydrogens (tertiary/aromatic N) is 2. The number of hydrogen-bond acceptors (Lipinski definition) is 5. The molecule has 0 aliphatic rings. The summed E-state index contributed by atoms with van der Waals surface area (Å²) in [5, 5.41) is 20.0. The van der Waals surface area contributed by atoms with Crippen LogP contribution in [0.25, 0.3) is 11.6 Å². The zero-order valence-electron chi connectivity index (χ0n) is 13.0. The third kappa shape index (κ3) is 4.51. The van der Waals surface area contributed by atoms with Crippen LogP contribution >= 0.6 is 0 Å². The van der Waals surface area contributed by atoms with E-state index in [1.807, 2.05) is 6.07 Å². The predicted molar refractivity (Wildman–Crippen MR) is 86.2 cm³/mol. The van der Waals surface area contributed by atoms with Crippen molar-refractivity contribution in [2.75, 3.05) is 7.11 Å². The van der Waals surface area contributed by atoms with Gasteiger partial charge in [0, 0.05) is 12.1 Å². The highest BCUT2D eigenvalue weighted by Gasteiger charge is 2.11. The fraction of sp³-hybridized carbons (Fsp3) is 0.118. The molecule has 0 heterocycles. The Labute approximate surface area is 141 Å². The van der Waals surface area contributed by atoms with Crippen molar-refractivity contribution < 1.29 is 23.2 Å². The number of methoxy groups -OCH3 is 1. The Morgan fingerprint density at radius 2 is 1.92 bits per heavy atom. The number of halogens is 2. The van der Waals surface area contributed by atoms with E-state index in [-0.39, 0.29) is 22.8 Å². The van der Waals surface area contributed by atoms with Crippen LogP contribution in [0.2, 0.25) is 0 Å². The Morgan fingerprint density at radius 1 is 1.24 bits per heavy atom. The largest absolute Gasteiger partial charge is 0.493 e. The molecule has 0 unspecified atom stereocenters. The molecular weight excluding hydrogens is 334 g/mol. The molecule has 25 heavy (non-hydrogen) atoms. The molecule has 2 aromatic rings. The lowest BCUT2D eigenvalue weighted by Gasteiger charge is -2.10. The highest BCUT2D eigenvalue weighted by Crippen LogP contribution is 2.31. The maximum atomic E-state index is 12.3. The van der Waals surface area contributed by atoms with Gasteiger partial charge >= 0.3 is 6.61 Å². The molecule has 0 bridgehead atoms. The van der Waals surface area contributed by atoms with Crippen LogP contribution in [0.1, 0.15) is 11.1 Å². The fourth-order valence-corrected chi connectivity index (χ4v) is 2.08. The average molecular weight is 346 g/mol. The average Bonchev–Trinajstić information content (AvgIpc) is 2.60. The van der Waals surface area contributed by atoms with Gasteiger partial charge in [-0.3, -0.25) is 10.1 Å². The van der Waals surface area contributed by atoms with Gasteiger partial charge in [-0.1, -0.05) is 6.07 Å². The molecule has 0 fully saturated rings. The van der Waals surface area contributed by atoms with Gasteiger partial charge in [0.1, 0.15) is 0 Å². The summed E-state index contributed by atoms with van der Waals surface area (Å²) in [6.07, 6.45) is 1.51. The number of ether oxygens (including phenoxy) is 2. The second-order valence-electron chi connectivity index (χ2n) is 4.76. The summed E-state index contributed by atoms with van der Waals surface area (Å²) in [5.41, 5.74) is 1.17. The summed E-state index contributed by atoms with van der Waals surface area (Å²) in [4.78, 5) is 10.1. The van der Waals surface area contributed by atoms with Gasteiger partial charge in [0.05, 0.1) is 23.7 Å². The van der Waals surface area contributed by atoms with E-state index in [4.69, 9.17) is 4.74 Å². The van der Waals surface area contributed by atoms with Crippen molar-refractivity contribution in [3.63, 3.8) is 0 Å². The third-order valence-electron chi connectivity index (χ3n) is 3.22. The van der Waals surface area contributed by atoms with Crippen molar-refractivity contribution in [1.82, 2.24) is 0 Å². The topological polar surface area (TPSA) is 85.4 Å². The van der Waals surface area contributed by atoms with Crippen molar-refractivity contribution >= 4 is 17.3 Å². The minimum atomic E-state index is -2.98. The number of nitro groups is 1. The van der Waals surface area contributed by atoms with E-state index in [0.717, 1.165) is 0 Å². The summed E-state index contributed by atoms with van der Waals surface area (Å²) in [6.45, 7) is -2.98. The zero-order chi connectivity index (χ0) is 18.4. The Bertz CT molecular complexity index is 843. The lowest BCUT2D eigenvalue weighted by atomic mass is 10.0. The van der Waals surface area contributed by atoms with E-state index in [9.17, 15) is 24.2 Å².